The lowest BCUT2D eigenvalue weighted by atomic mass is 10.0. The van der Waals surface area contributed by atoms with Crippen LogP contribution in [0.15, 0.2) is 42.5 Å². The number of fused-ring (bicyclic) bond motifs is 4. The van der Waals surface area contributed by atoms with E-state index in [-0.39, 0.29) is 0 Å². The Kier molecular flexibility index (Phi) is 2.01. The molecule has 0 radical (unpaired) electrons. The van der Waals surface area contributed by atoms with E-state index >= 15 is 0 Å². The average molecular weight is 231 g/mol. The van der Waals surface area contributed by atoms with Gasteiger partial charge in [-0.05, 0) is 41.5 Å². The molecule has 0 amide bonds. The van der Waals surface area contributed by atoms with Crippen molar-refractivity contribution >= 4 is 34.0 Å². The molecule has 18 heavy (non-hydrogen) atoms. The van der Waals surface area contributed by atoms with E-state index in [0.717, 1.165) is 23.9 Å². The largest absolute Gasteiger partial charge is 0.248 e. The van der Waals surface area contributed by atoms with Crippen molar-refractivity contribution in [3.05, 3.63) is 52.9 Å². The van der Waals surface area contributed by atoms with Crippen LogP contribution in [0, 0.1) is 0 Å². The maximum atomic E-state index is 4.75. The molecule has 0 aliphatic heterocycles. The van der Waals surface area contributed by atoms with Crippen molar-refractivity contribution in [2.45, 2.75) is 12.8 Å². The number of para-hydroxylation sites is 1. The van der Waals surface area contributed by atoms with Gasteiger partial charge in [0.2, 0.25) is 0 Å². The molecule has 2 aromatic carbocycles. The molecule has 1 heterocycles. The Labute approximate surface area is 105 Å². The van der Waals surface area contributed by atoms with Gasteiger partial charge in [-0.3, -0.25) is 0 Å². The zero-order valence-corrected chi connectivity index (χ0v) is 10.1. The zero-order valence-electron chi connectivity index (χ0n) is 10.1. The number of rotatable bonds is 0. The third-order valence-corrected chi connectivity index (χ3v) is 3.65. The van der Waals surface area contributed by atoms with E-state index < -0.39 is 0 Å². The summed E-state index contributed by atoms with van der Waals surface area (Å²) in [5.41, 5.74) is 2.17. The highest BCUT2D eigenvalue weighted by atomic mass is 14.7. The second kappa shape index (κ2) is 3.67. The van der Waals surface area contributed by atoms with Gasteiger partial charge in [0, 0.05) is 10.8 Å². The van der Waals surface area contributed by atoms with Gasteiger partial charge in [-0.1, -0.05) is 36.4 Å². The second-order valence-electron chi connectivity index (χ2n) is 4.80. The number of hydrogen-bond donors (Lipinski definition) is 0. The van der Waals surface area contributed by atoms with Crippen LogP contribution < -0.4 is 10.4 Å². The molecule has 4 rings (SSSR count). The maximum absolute atomic E-state index is 4.75. The first-order valence-corrected chi connectivity index (χ1v) is 6.41. The summed E-state index contributed by atoms with van der Waals surface area (Å²) in [5.74, 6) is 0. The Hall–Kier alpha value is -2.15. The molecule has 0 unspecified atom stereocenters. The summed E-state index contributed by atoms with van der Waals surface area (Å²) in [6.07, 6.45) is 6.95. The second-order valence-corrected chi connectivity index (χ2v) is 4.80. The van der Waals surface area contributed by atoms with Gasteiger partial charge in [0.25, 0.3) is 0 Å². The van der Waals surface area contributed by atoms with E-state index in [0.29, 0.717) is 0 Å². The average Bonchev–Trinajstić information content (AvgIpc) is 2.45. The molecule has 0 atom stereocenters. The summed E-state index contributed by atoms with van der Waals surface area (Å²) in [6, 6.07) is 14.9. The molecule has 1 aliphatic carbocycles. The molecule has 0 fully saturated rings. The summed E-state index contributed by atoms with van der Waals surface area (Å²) in [5, 5.41) is 5.21. The SMILES string of the molecule is C1=c2ccc3nc4ccccc4cc3c2=CCC1. The minimum atomic E-state index is 1.07. The third-order valence-electron chi connectivity index (χ3n) is 3.65. The Balaban J connectivity index is 2.26. The first-order chi connectivity index (χ1) is 8.92. The molecule has 0 saturated carbocycles. The van der Waals surface area contributed by atoms with E-state index in [1.807, 2.05) is 6.07 Å². The molecule has 0 bridgehead atoms. The first kappa shape index (κ1) is 9.84. The number of aromatic nitrogens is 1. The van der Waals surface area contributed by atoms with Crippen molar-refractivity contribution in [3.8, 4) is 0 Å². The van der Waals surface area contributed by atoms with Crippen LogP contribution in [0.4, 0.5) is 0 Å². The fourth-order valence-corrected chi connectivity index (χ4v) is 2.76. The highest BCUT2D eigenvalue weighted by Gasteiger charge is 2.03. The van der Waals surface area contributed by atoms with Gasteiger partial charge in [-0.25, -0.2) is 4.98 Å². The normalized spacial score (nSPS) is 14.0. The minimum Gasteiger partial charge on any atom is -0.248 e. The van der Waals surface area contributed by atoms with Gasteiger partial charge in [0.1, 0.15) is 0 Å². The molecular formula is C17H13N. The lowest BCUT2D eigenvalue weighted by Gasteiger charge is -2.06. The van der Waals surface area contributed by atoms with Crippen LogP contribution in [0.25, 0.3) is 34.0 Å². The summed E-state index contributed by atoms with van der Waals surface area (Å²) < 4.78 is 0. The quantitative estimate of drug-likeness (QED) is 0.542. The van der Waals surface area contributed by atoms with Crippen LogP contribution >= 0.6 is 0 Å². The zero-order chi connectivity index (χ0) is 11.9. The minimum absolute atomic E-state index is 1.07. The van der Waals surface area contributed by atoms with Crippen LogP contribution in [0.3, 0.4) is 0 Å². The van der Waals surface area contributed by atoms with E-state index in [2.05, 4.69) is 48.6 Å². The topological polar surface area (TPSA) is 12.9 Å². The fourth-order valence-electron chi connectivity index (χ4n) is 2.76. The van der Waals surface area contributed by atoms with E-state index in [4.69, 9.17) is 4.98 Å². The number of benzene rings is 2. The van der Waals surface area contributed by atoms with Crippen LogP contribution in [0.1, 0.15) is 12.8 Å². The van der Waals surface area contributed by atoms with E-state index in [1.165, 1.54) is 21.2 Å². The fraction of sp³-hybridized carbons (Fsp3) is 0.118. The Morgan fingerprint density at radius 1 is 0.833 bits per heavy atom. The molecule has 1 aliphatic rings. The number of hydrogen-bond acceptors (Lipinski definition) is 1. The van der Waals surface area contributed by atoms with Crippen LogP contribution in [-0.4, -0.2) is 4.98 Å². The van der Waals surface area contributed by atoms with E-state index in [9.17, 15) is 0 Å². The van der Waals surface area contributed by atoms with Crippen LogP contribution in [0.2, 0.25) is 0 Å². The molecule has 3 aromatic rings. The molecule has 1 heteroatoms. The highest BCUT2D eigenvalue weighted by molar-refractivity contribution is 5.93. The summed E-state index contributed by atoms with van der Waals surface area (Å²) >= 11 is 0. The lowest BCUT2D eigenvalue weighted by Crippen LogP contribution is -2.27. The van der Waals surface area contributed by atoms with Crippen molar-refractivity contribution in [1.29, 1.82) is 0 Å². The molecule has 1 aromatic heterocycles. The van der Waals surface area contributed by atoms with Crippen LogP contribution in [-0.2, 0) is 0 Å². The molecular weight excluding hydrogens is 218 g/mol. The highest BCUT2D eigenvalue weighted by Crippen LogP contribution is 2.16. The smallest absolute Gasteiger partial charge is 0.0716 e. The Bertz CT molecular complexity index is 875. The van der Waals surface area contributed by atoms with E-state index in [1.54, 1.807) is 0 Å². The van der Waals surface area contributed by atoms with Gasteiger partial charge >= 0.3 is 0 Å². The molecule has 86 valence electrons. The molecule has 0 N–H and O–H groups in total. The third kappa shape index (κ3) is 1.37. The Morgan fingerprint density at radius 2 is 1.72 bits per heavy atom. The molecule has 0 spiro atoms. The molecule has 0 saturated heterocycles. The van der Waals surface area contributed by atoms with Crippen molar-refractivity contribution in [1.82, 2.24) is 4.98 Å². The maximum Gasteiger partial charge on any atom is 0.0716 e. The summed E-state index contributed by atoms with van der Waals surface area (Å²) in [6.45, 7) is 0. The van der Waals surface area contributed by atoms with Crippen molar-refractivity contribution in [2.24, 2.45) is 0 Å². The van der Waals surface area contributed by atoms with Gasteiger partial charge in [0.05, 0.1) is 11.0 Å². The molecule has 1 nitrogen and oxygen atoms in total. The van der Waals surface area contributed by atoms with Gasteiger partial charge in [-0.15, -0.1) is 0 Å². The predicted molar refractivity (Wildman–Crippen MR) is 76.7 cm³/mol. The van der Waals surface area contributed by atoms with Crippen molar-refractivity contribution in [2.75, 3.05) is 0 Å². The van der Waals surface area contributed by atoms with Crippen LogP contribution in [0.5, 0.6) is 0 Å². The Morgan fingerprint density at radius 3 is 2.72 bits per heavy atom. The predicted octanol–water partition coefficient (Wildman–Crippen LogP) is 2.74. The lowest BCUT2D eigenvalue weighted by molar-refractivity contribution is 1.12. The monoisotopic (exact) mass is 231 g/mol. The summed E-state index contributed by atoms with van der Waals surface area (Å²) in [4.78, 5) is 4.75. The number of nitrogens with zero attached hydrogens (tertiary/aromatic N) is 1. The summed E-state index contributed by atoms with van der Waals surface area (Å²) in [7, 11) is 0. The van der Waals surface area contributed by atoms with Gasteiger partial charge in [-0.2, -0.15) is 0 Å². The van der Waals surface area contributed by atoms with Crippen molar-refractivity contribution in [3.63, 3.8) is 0 Å². The van der Waals surface area contributed by atoms with Crippen molar-refractivity contribution < 1.29 is 0 Å². The number of pyridine rings is 1. The van der Waals surface area contributed by atoms with Gasteiger partial charge < -0.3 is 0 Å². The standard InChI is InChI=1S/C17H13N/c1-3-7-14-12(5-1)9-10-17-15(14)11-13-6-2-4-8-16(13)18-17/h2,4-11H,1,3H2. The first-order valence-electron chi connectivity index (χ1n) is 6.41. The van der Waals surface area contributed by atoms with Gasteiger partial charge in [0.15, 0.2) is 0 Å².